The first kappa shape index (κ1) is 14.3. The van der Waals surface area contributed by atoms with Crippen LogP contribution in [0.15, 0.2) is 36.4 Å². The number of anilines is 1. The lowest BCUT2D eigenvalue weighted by atomic mass is 10.2. The molecular weight excluding hydrogens is 250 g/mol. The average molecular weight is 271 g/mol. The molecule has 0 unspecified atom stereocenters. The molecule has 0 aliphatic carbocycles. The van der Waals surface area contributed by atoms with Crippen LogP contribution in [0.3, 0.4) is 0 Å². The second-order valence-electron chi connectivity index (χ2n) is 5.08. The molecule has 0 saturated carbocycles. The number of aromatic nitrogens is 1. The zero-order valence-electron chi connectivity index (χ0n) is 12.2. The van der Waals surface area contributed by atoms with Crippen LogP contribution in [-0.2, 0) is 13.1 Å². The molecule has 2 N–H and O–H groups in total. The highest BCUT2D eigenvalue weighted by atomic mass is 16.3. The number of nitrogens with one attached hydrogen (secondary N) is 1. The highest BCUT2D eigenvalue weighted by Crippen LogP contribution is 2.15. The fourth-order valence-electron chi connectivity index (χ4n) is 1.97. The van der Waals surface area contributed by atoms with Crippen molar-refractivity contribution >= 4 is 5.69 Å². The third kappa shape index (κ3) is 3.71. The lowest BCUT2D eigenvalue weighted by Gasteiger charge is -2.13. The maximum Gasteiger partial charge on any atom is 0.138 e. The summed E-state index contributed by atoms with van der Waals surface area (Å²) in [5, 5.41) is 13.0. The molecule has 0 radical (unpaired) electrons. The molecule has 106 valence electrons. The standard InChI is InChI=1S/C16H21N3O/c1-12-4-9-16(20)15(18-12)11-17-10-13-5-7-14(8-6-13)19(2)3/h4-9,17,20H,10-11H2,1-3H3. The first-order chi connectivity index (χ1) is 9.56. The van der Waals surface area contributed by atoms with E-state index >= 15 is 0 Å². The van der Waals surface area contributed by atoms with Gasteiger partial charge in [0.1, 0.15) is 5.75 Å². The zero-order valence-corrected chi connectivity index (χ0v) is 12.2. The second-order valence-corrected chi connectivity index (χ2v) is 5.08. The lowest BCUT2D eigenvalue weighted by Crippen LogP contribution is -2.14. The van der Waals surface area contributed by atoms with Crippen LogP contribution in [0.4, 0.5) is 5.69 Å². The van der Waals surface area contributed by atoms with Crippen molar-refractivity contribution in [2.75, 3.05) is 19.0 Å². The summed E-state index contributed by atoms with van der Waals surface area (Å²) < 4.78 is 0. The Labute approximate surface area is 120 Å². The van der Waals surface area contributed by atoms with E-state index in [2.05, 4.69) is 39.5 Å². The molecule has 0 bridgehead atoms. The van der Waals surface area contributed by atoms with Crippen LogP contribution in [0.2, 0.25) is 0 Å². The number of hydrogen-bond donors (Lipinski definition) is 2. The first-order valence-electron chi connectivity index (χ1n) is 6.69. The minimum absolute atomic E-state index is 0.242. The van der Waals surface area contributed by atoms with Gasteiger partial charge in [-0.1, -0.05) is 12.1 Å². The fourth-order valence-corrected chi connectivity index (χ4v) is 1.97. The Morgan fingerprint density at radius 2 is 1.75 bits per heavy atom. The van der Waals surface area contributed by atoms with Gasteiger partial charge in [0.15, 0.2) is 0 Å². The van der Waals surface area contributed by atoms with Crippen molar-refractivity contribution in [1.82, 2.24) is 10.3 Å². The van der Waals surface area contributed by atoms with Crippen molar-refractivity contribution in [3.8, 4) is 5.75 Å². The van der Waals surface area contributed by atoms with E-state index in [9.17, 15) is 5.11 Å². The quantitative estimate of drug-likeness (QED) is 0.877. The molecule has 0 aliphatic heterocycles. The average Bonchev–Trinajstić information content (AvgIpc) is 2.43. The van der Waals surface area contributed by atoms with Crippen LogP contribution in [-0.4, -0.2) is 24.2 Å². The maximum atomic E-state index is 9.72. The Hall–Kier alpha value is -2.07. The Bertz CT molecular complexity index is 564. The van der Waals surface area contributed by atoms with Gasteiger partial charge >= 0.3 is 0 Å². The molecule has 0 amide bonds. The molecular formula is C16H21N3O. The van der Waals surface area contributed by atoms with Crippen LogP contribution in [0.5, 0.6) is 5.75 Å². The molecule has 2 rings (SSSR count). The van der Waals surface area contributed by atoms with Crippen LogP contribution >= 0.6 is 0 Å². The summed E-state index contributed by atoms with van der Waals surface area (Å²) in [7, 11) is 4.05. The van der Waals surface area contributed by atoms with Crippen LogP contribution in [0, 0.1) is 6.92 Å². The highest BCUT2D eigenvalue weighted by molar-refractivity contribution is 5.45. The van der Waals surface area contributed by atoms with Gasteiger partial charge in [-0.2, -0.15) is 0 Å². The molecule has 1 heterocycles. The van der Waals surface area contributed by atoms with E-state index in [1.54, 1.807) is 12.1 Å². The molecule has 1 aromatic heterocycles. The number of aromatic hydroxyl groups is 1. The summed E-state index contributed by atoms with van der Waals surface area (Å²) in [4.78, 5) is 6.40. The van der Waals surface area contributed by atoms with Crippen molar-refractivity contribution in [1.29, 1.82) is 0 Å². The zero-order chi connectivity index (χ0) is 14.5. The molecule has 0 spiro atoms. The van der Waals surface area contributed by atoms with Gasteiger partial charge in [-0.15, -0.1) is 0 Å². The third-order valence-corrected chi connectivity index (χ3v) is 3.16. The number of rotatable bonds is 5. The van der Waals surface area contributed by atoms with Crippen LogP contribution in [0.25, 0.3) is 0 Å². The largest absolute Gasteiger partial charge is 0.506 e. The molecule has 0 fully saturated rings. The third-order valence-electron chi connectivity index (χ3n) is 3.16. The van der Waals surface area contributed by atoms with Crippen LogP contribution < -0.4 is 10.2 Å². The summed E-state index contributed by atoms with van der Waals surface area (Å²) in [5.41, 5.74) is 4.00. The van der Waals surface area contributed by atoms with E-state index in [1.807, 2.05) is 21.0 Å². The number of hydrogen-bond acceptors (Lipinski definition) is 4. The van der Waals surface area contributed by atoms with Gasteiger partial charge in [0.25, 0.3) is 0 Å². The number of nitrogens with zero attached hydrogens (tertiary/aromatic N) is 2. The Balaban J connectivity index is 1.91. The number of benzene rings is 1. The minimum atomic E-state index is 0.242. The van der Waals surface area contributed by atoms with E-state index < -0.39 is 0 Å². The minimum Gasteiger partial charge on any atom is -0.506 e. The predicted octanol–water partition coefficient (Wildman–Crippen LogP) is 2.45. The van der Waals surface area contributed by atoms with Gasteiger partial charge in [-0.05, 0) is 36.8 Å². The van der Waals surface area contributed by atoms with Crippen molar-refractivity contribution < 1.29 is 5.11 Å². The summed E-state index contributed by atoms with van der Waals surface area (Å²) in [6, 6.07) is 11.9. The predicted molar refractivity (Wildman–Crippen MR) is 82.0 cm³/mol. The Kier molecular flexibility index (Phi) is 4.58. The van der Waals surface area contributed by atoms with E-state index in [-0.39, 0.29) is 5.75 Å². The highest BCUT2D eigenvalue weighted by Gasteiger charge is 2.03. The Morgan fingerprint density at radius 1 is 1.05 bits per heavy atom. The summed E-state index contributed by atoms with van der Waals surface area (Å²) in [6.07, 6.45) is 0. The second kappa shape index (κ2) is 6.39. The smallest absolute Gasteiger partial charge is 0.138 e. The van der Waals surface area contributed by atoms with Gasteiger partial charge in [-0.3, -0.25) is 4.98 Å². The van der Waals surface area contributed by atoms with Crippen molar-refractivity contribution in [3.05, 3.63) is 53.3 Å². The Morgan fingerprint density at radius 3 is 2.40 bits per heavy atom. The van der Waals surface area contributed by atoms with Crippen LogP contribution in [0.1, 0.15) is 17.0 Å². The number of pyridine rings is 1. The summed E-state index contributed by atoms with van der Waals surface area (Å²) in [6.45, 7) is 3.23. The van der Waals surface area contributed by atoms with Gasteiger partial charge in [-0.25, -0.2) is 0 Å². The molecule has 0 aliphatic rings. The fraction of sp³-hybridized carbons (Fsp3) is 0.312. The van der Waals surface area contributed by atoms with Gasteiger partial charge in [0, 0.05) is 38.6 Å². The van der Waals surface area contributed by atoms with Gasteiger partial charge < -0.3 is 15.3 Å². The maximum absolute atomic E-state index is 9.72. The number of aryl methyl sites for hydroxylation is 1. The van der Waals surface area contributed by atoms with Gasteiger partial charge in [0.05, 0.1) is 5.69 Å². The van der Waals surface area contributed by atoms with E-state index in [1.165, 1.54) is 11.3 Å². The monoisotopic (exact) mass is 271 g/mol. The summed E-state index contributed by atoms with van der Waals surface area (Å²) in [5.74, 6) is 0.242. The molecule has 4 nitrogen and oxygen atoms in total. The first-order valence-corrected chi connectivity index (χ1v) is 6.69. The van der Waals surface area contributed by atoms with E-state index in [0.717, 1.165) is 12.2 Å². The van der Waals surface area contributed by atoms with Gasteiger partial charge in [0.2, 0.25) is 0 Å². The normalized spacial score (nSPS) is 10.6. The van der Waals surface area contributed by atoms with Crippen molar-refractivity contribution in [2.24, 2.45) is 0 Å². The van der Waals surface area contributed by atoms with Crippen molar-refractivity contribution in [2.45, 2.75) is 20.0 Å². The van der Waals surface area contributed by atoms with E-state index in [0.29, 0.717) is 12.2 Å². The molecule has 0 saturated heterocycles. The molecule has 1 aromatic carbocycles. The van der Waals surface area contributed by atoms with E-state index in [4.69, 9.17) is 0 Å². The SMILES string of the molecule is Cc1ccc(O)c(CNCc2ccc(N(C)C)cc2)n1. The molecule has 4 heteroatoms. The van der Waals surface area contributed by atoms with Crippen molar-refractivity contribution in [3.63, 3.8) is 0 Å². The summed E-state index contributed by atoms with van der Waals surface area (Å²) >= 11 is 0. The molecule has 20 heavy (non-hydrogen) atoms. The lowest BCUT2D eigenvalue weighted by molar-refractivity contribution is 0.459. The topological polar surface area (TPSA) is 48.4 Å². The molecule has 2 aromatic rings. The molecule has 0 atom stereocenters.